The van der Waals surface area contributed by atoms with Crippen molar-refractivity contribution in [2.45, 2.75) is 50.9 Å². The van der Waals surface area contributed by atoms with E-state index in [-0.39, 0.29) is 5.92 Å². The van der Waals surface area contributed by atoms with Crippen molar-refractivity contribution >= 4 is 27.4 Å². The fourth-order valence-electron chi connectivity index (χ4n) is 4.31. The molecule has 0 bridgehead atoms. The maximum Gasteiger partial charge on any atom is 0.161 e. The van der Waals surface area contributed by atoms with Gasteiger partial charge in [-0.2, -0.15) is 0 Å². The molecule has 3 heteroatoms. The number of benzene rings is 1. The molecule has 0 saturated heterocycles. The third-order valence-corrected chi connectivity index (χ3v) is 5.75. The topological polar surface area (TPSA) is 29.4 Å². The minimum Gasteiger partial charge on any atom is -0.294 e. The Morgan fingerprint density at radius 3 is 2.86 bits per heavy atom. The molecule has 1 fully saturated rings. The zero-order chi connectivity index (χ0) is 15.1. The van der Waals surface area contributed by atoms with E-state index in [9.17, 15) is 4.79 Å². The molecule has 1 heterocycles. The molecule has 2 nitrogen and oxygen atoms in total. The first-order chi connectivity index (χ1) is 10.7. The molecule has 1 aromatic carbocycles. The van der Waals surface area contributed by atoms with Crippen molar-refractivity contribution in [2.24, 2.45) is 10.9 Å². The largest absolute Gasteiger partial charge is 0.294 e. The van der Waals surface area contributed by atoms with Crippen LogP contribution in [0.1, 0.15) is 56.4 Å². The molecule has 2 aliphatic carbocycles. The van der Waals surface area contributed by atoms with E-state index in [0.29, 0.717) is 18.1 Å². The summed E-state index contributed by atoms with van der Waals surface area (Å²) in [5.74, 6) is 0.997. The highest BCUT2D eigenvalue weighted by molar-refractivity contribution is 9.10. The van der Waals surface area contributed by atoms with E-state index in [1.54, 1.807) is 0 Å². The Balaban J connectivity index is 1.87. The maximum atomic E-state index is 12.6. The van der Waals surface area contributed by atoms with E-state index < -0.39 is 0 Å². The number of hydrogen-bond acceptors (Lipinski definition) is 2. The van der Waals surface area contributed by atoms with Gasteiger partial charge in [0.2, 0.25) is 0 Å². The third kappa shape index (κ3) is 2.40. The molecule has 2 unspecified atom stereocenters. The molecule has 0 aromatic heterocycles. The SMILES string of the molecule is O=C1CCCC2=C1C(c1cccc(Br)c1)C1CCCCC1=N2. The summed E-state index contributed by atoms with van der Waals surface area (Å²) < 4.78 is 1.09. The number of rotatable bonds is 1. The second-order valence-corrected chi connectivity index (χ2v) is 7.54. The number of carbonyl (C=O) groups excluding carboxylic acids is 1. The van der Waals surface area contributed by atoms with Crippen LogP contribution in [0.15, 0.2) is 45.0 Å². The Morgan fingerprint density at radius 2 is 2.00 bits per heavy atom. The van der Waals surface area contributed by atoms with Crippen molar-refractivity contribution < 1.29 is 4.79 Å². The summed E-state index contributed by atoms with van der Waals surface area (Å²) in [7, 11) is 0. The smallest absolute Gasteiger partial charge is 0.161 e. The first-order valence-corrected chi connectivity index (χ1v) is 9.12. The van der Waals surface area contributed by atoms with Crippen molar-refractivity contribution in [1.82, 2.24) is 0 Å². The van der Waals surface area contributed by atoms with Gasteiger partial charge in [0.25, 0.3) is 0 Å². The van der Waals surface area contributed by atoms with Crippen LogP contribution in [0, 0.1) is 5.92 Å². The Morgan fingerprint density at radius 1 is 1.09 bits per heavy atom. The number of nitrogens with zero attached hydrogens (tertiary/aromatic N) is 1. The molecule has 114 valence electrons. The molecule has 0 radical (unpaired) electrons. The molecule has 0 spiro atoms. The second-order valence-electron chi connectivity index (χ2n) is 6.63. The molecule has 0 amide bonds. The van der Waals surface area contributed by atoms with Crippen molar-refractivity contribution in [3.8, 4) is 0 Å². The fourth-order valence-corrected chi connectivity index (χ4v) is 4.73. The number of halogens is 1. The Labute approximate surface area is 139 Å². The monoisotopic (exact) mass is 357 g/mol. The zero-order valence-corrected chi connectivity index (χ0v) is 14.2. The summed E-state index contributed by atoms with van der Waals surface area (Å²) in [6.07, 6.45) is 7.41. The predicted molar refractivity (Wildman–Crippen MR) is 92.2 cm³/mol. The highest BCUT2D eigenvalue weighted by atomic mass is 79.9. The average Bonchev–Trinajstić information content (AvgIpc) is 2.53. The number of ketones is 1. The van der Waals surface area contributed by atoms with Crippen LogP contribution in [0.3, 0.4) is 0 Å². The first-order valence-electron chi connectivity index (χ1n) is 8.33. The quantitative estimate of drug-likeness (QED) is 0.680. The number of carbonyl (C=O) groups is 1. The Hall–Kier alpha value is -1.22. The zero-order valence-electron chi connectivity index (χ0n) is 12.6. The molecule has 1 saturated carbocycles. The van der Waals surface area contributed by atoms with Gasteiger partial charge in [-0.3, -0.25) is 9.79 Å². The molecule has 4 rings (SSSR count). The van der Waals surface area contributed by atoms with Gasteiger partial charge in [0.15, 0.2) is 5.78 Å². The highest BCUT2D eigenvalue weighted by Gasteiger charge is 2.40. The second kappa shape index (κ2) is 5.77. The number of allylic oxidation sites excluding steroid dienone is 2. The Kier molecular flexibility index (Phi) is 3.77. The summed E-state index contributed by atoms with van der Waals surface area (Å²) in [5, 5.41) is 0. The Bertz CT molecular complexity index is 688. The predicted octanol–water partition coefficient (Wildman–Crippen LogP) is 5.18. The lowest BCUT2D eigenvalue weighted by Crippen LogP contribution is -2.34. The molecule has 0 N–H and O–H groups in total. The van der Waals surface area contributed by atoms with E-state index in [4.69, 9.17) is 4.99 Å². The van der Waals surface area contributed by atoms with Crippen LogP contribution in [-0.2, 0) is 4.79 Å². The summed E-state index contributed by atoms with van der Waals surface area (Å²) in [6.45, 7) is 0. The summed E-state index contributed by atoms with van der Waals surface area (Å²) >= 11 is 3.59. The van der Waals surface area contributed by atoms with E-state index in [2.05, 4.69) is 40.2 Å². The van der Waals surface area contributed by atoms with E-state index in [0.717, 1.165) is 35.0 Å². The molecule has 1 aliphatic heterocycles. The molecular formula is C19H20BrNO. The normalized spacial score (nSPS) is 28.0. The molecule has 22 heavy (non-hydrogen) atoms. The van der Waals surface area contributed by atoms with Gasteiger partial charge < -0.3 is 0 Å². The van der Waals surface area contributed by atoms with Crippen molar-refractivity contribution in [2.75, 3.05) is 0 Å². The van der Waals surface area contributed by atoms with Gasteiger partial charge in [0, 0.05) is 39.7 Å². The van der Waals surface area contributed by atoms with Crippen LogP contribution < -0.4 is 0 Å². The summed E-state index contributed by atoms with van der Waals surface area (Å²) in [4.78, 5) is 17.6. The highest BCUT2D eigenvalue weighted by Crippen LogP contribution is 2.47. The van der Waals surface area contributed by atoms with Gasteiger partial charge >= 0.3 is 0 Å². The van der Waals surface area contributed by atoms with Crippen molar-refractivity contribution in [3.05, 3.63) is 45.6 Å². The van der Waals surface area contributed by atoms with Crippen LogP contribution in [0.4, 0.5) is 0 Å². The fraction of sp³-hybridized carbons (Fsp3) is 0.474. The number of aliphatic imine (C=N–C) groups is 1. The maximum absolute atomic E-state index is 12.6. The van der Waals surface area contributed by atoms with Gasteiger partial charge in [-0.15, -0.1) is 0 Å². The van der Waals surface area contributed by atoms with Crippen LogP contribution >= 0.6 is 15.9 Å². The average molecular weight is 358 g/mol. The van der Waals surface area contributed by atoms with E-state index >= 15 is 0 Å². The first kappa shape index (κ1) is 14.4. The number of fused-ring (bicyclic) bond motifs is 1. The molecule has 1 aromatic rings. The van der Waals surface area contributed by atoms with E-state index in [1.165, 1.54) is 30.5 Å². The van der Waals surface area contributed by atoms with Crippen LogP contribution in [0.5, 0.6) is 0 Å². The molecule has 2 atom stereocenters. The lowest BCUT2D eigenvalue weighted by molar-refractivity contribution is -0.116. The van der Waals surface area contributed by atoms with Crippen molar-refractivity contribution in [3.63, 3.8) is 0 Å². The summed E-state index contributed by atoms with van der Waals surface area (Å²) in [5.41, 5.74) is 4.75. The molecule has 3 aliphatic rings. The van der Waals surface area contributed by atoms with Gasteiger partial charge in [-0.05, 0) is 49.8 Å². The van der Waals surface area contributed by atoms with Gasteiger partial charge in [-0.1, -0.05) is 34.5 Å². The van der Waals surface area contributed by atoms with Crippen LogP contribution in [0.25, 0.3) is 0 Å². The van der Waals surface area contributed by atoms with Crippen LogP contribution in [0.2, 0.25) is 0 Å². The minimum atomic E-state index is 0.230. The standard InChI is InChI=1S/C19H20BrNO/c20-13-6-3-5-12(11-13)18-14-7-1-2-8-15(14)21-16-9-4-10-17(22)19(16)18/h3,5-6,11,14,18H,1-2,4,7-10H2. The van der Waals surface area contributed by atoms with Crippen LogP contribution in [-0.4, -0.2) is 11.5 Å². The third-order valence-electron chi connectivity index (χ3n) is 5.25. The summed E-state index contributed by atoms with van der Waals surface area (Å²) in [6, 6.07) is 8.51. The van der Waals surface area contributed by atoms with Gasteiger partial charge in [0.1, 0.15) is 0 Å². The molecular weight excluding hydrogens is 338 g/mol. The lowest BCUT2D eigenvalue weighted by atomic mass is 9.67. The minimum absolute atomic E-state index is 0.230. The number of hydrogen-bond donors (Lipinski definition) is 0. The number of Topliss-reactive ketones (excluding diaryl/α,β-unsaturated/α-hetero) is 1. The van der Waals surface area contributed by atoms with Gasteiger partial charge in [0.05, 0.1) is 0 Å². The lowest BCUT2D eigenvalue weighted by Gasteiger charge is -2.38. The van der Waals surface area contributed by atoms with E-state index in [1.807, 2.05) is 0 Å². The van der Waals surface area contributed by atoms with Crippen molar-refractivity contribution in [1.29, 1.82) is 0 Å². The van der Waals surface area contributed by atoms with Gasteiger partial charge in [-0.25, -0.2) is 0 Å².